The number of benzene rings is 1. The predicted molar refractivity (Wildman–Crippen MR) is 93.9 cm³/mol. The minimum absolute atomic E-state index is 0.000524. The van der Waals surface area contributed by atoms with Crippen LogP contribution in [0.15, 0.2) is 18.2 Å². The Bertz CT molecular complexity index is 715. The number of hydrogen-bond acceptors (Lipinski definition) is 5. The molecule has 26 heavy (non-hydrogen) atoms. The van der Waals surface area contributed by atoms with Gasteiger partial charge in [0.2, 0.25) is 5.91 Å². The number of likely N-dealkylation sites (tertiary alicyclic amines) is 1. The van der Waals surface area contributed by atoms with Crippen LogP contribution in [-0.4, -0.2) is 65.9 Å². The fourth-order valence-electron chi connectivity index (χ4n) is 3.58. The first-order valence-electron chi connectivity index (χ1n) is 8.88. The van der Waals surface area contributed by atoms with Crippen LogP contribution in [0, 0.1) is 23.0 Å². The highest BCUT2D eigenvalue weighted by atomic mass is 16.6. The molecule has 8 heteroatoms. The Labute approximate surface area is 151 Å². The molecule has 2 fully saturated rings. The molecule has 1 atom stereocenters. The maximum absolute atomic E-state index is 12.8. The number of nitro groups is 1. The van der Waals surface area contributed by atoms with Crippen LogP contribution >= 0.6 is 0 Å². The lowest BCUT2D eigenvalue weighted by molar-refractivity contribution is -0.385. The van der Waals surface area contributed by atoms with Crippen LogP contribution < -0.4 is 0 Å². The van der Waals surface area contributed by atoms with Crippen molar-refractivity contribution in [2.45, 2.75) is 19.8 Å². The molecule has 1 aromatic rings. The van der Waals surface area contributed by atoms with Crippen LogP contribution in [0.4, 0.5) is 5.69 Å². The van der Waals surface area contributed by atoms with Crippen LogP contribution in [0.3, 0.4) is 0 Å². The van der Waals surface area contributed by atoms with E-state index in [2.05, 4.69) is 0 Å². The molecule has 0 radical (unpaired) electrons. The summed E-state index contributed by atoms with van der Waals surface area (Å²) in [6, 6.07) is 4.40. The molecule has 0 aromatic heterocycles. The first kappa shape index (κ1) is 18.3. The van der Waals surface area contributed by atoms with E-state index in [9.17, 15) is 19.7 Å². The lowest BCUT2D eigenvalue weighted by Gasteiger charge is -2.36. The van der Waals surface area contributed by atoms with Crippen molar-refractivity contribution in [3.63, 3.8) is 0 Å². The van der Waals surface area contributed by atoms with E-state index in [-0.39, 0.29) is 23.4 Å². The third kappa shape index (κ3) is 3.85. The van der Waals surface area contributed by atoms with Gasteiger partial charge < -0.3 is 14.5 Å². The van der Waals surface area contributed by atoms with E-state index in [1.807, 2.05) is 4.90 Å². The molecule has 2 aliphatic rings. The monoisotopic (exact) mass is 361 g/mol. The minimum atomic E-state index is -0.457. The highest BCUT2D eigenvalue weighted by molar-refractivity contribution is 5.95. The Morgan fingerprint density at radius 1 is 1.19 bits per heavy atom. The number of ether oxygens (including phenoxy) is 1. The topological polar surface area (TPSA) is 93.0 Å². The summed E-state index contributed by atoms with van der Waals surface area (Å²) in [7, 11) is 0. The lowest BCUT2D eigenvalue weighted by Crippen LogP contribution is -2.49. The maximum atomic E-state index is 12.8. The molecule has 2 heterocycles. The molecular weight excluding hydrogens is 338 g/mol. The standard InChI is InChI=1S/C18H23N3O5/c1-13-11-14(4-5-16(13)21(24)25)17(22)20-6-2-3-15(12-20)18(23)19-7-9-26-10-8-19/h4-5,11,15H,2-3,6-10,12H2,1H3. The van der Waals surface area contributed by atoms with Gasteiger partial charge in [0.1, 0.15) is 0 Å². The number of aryl methyl sites for hydroxylation is 1. The molecule has 0 spiro atoms. The van der Waals surface area contributed by atoms with Gasteiger partial charge in [0.15, 0.2) is 0 Å². The second kappa shape index (κ2) is 7.82. The van der Waals surface area contributed by atoms with Crippen molar-refractivity contribution in [3.8, 4) is 0 Å². The van der Waals surface area contributed by atoms with Gasteiger partial charge in [-0.05, 0) is 31.9 Å². The minimum Gasteiger partial charge on any atom is -0.378 e. The van der Waals surface area contributed by atoms with Crippen molar-refractivity contribution in [1.29, 1.82) is 0 Å². The normalized spacial score (nSPS) is 20.7. The van der Waals surface area contributed by atoms with Gasteiger partial charge in [-0.15, -0.1) is 0 Å². The van der Waals surface area contributed by atoms with Gasteiger partial charge in [0.05, 0.1) is 24.1 Å². The van der Waals surface area contributed by atoms with E-state index < -0.39 is 4.92 Å². The lowest BCUT2D eigenvalue weighted by atomic mass is 9.95. The number of nitro benzene ring substituents is 1. The van der Waals surface area contributed by atoms with Crippen molar-refractivity contribution in [2.24, 2.45) is 5.92 Å². The summed E-state index contributed by atoms with van der Waals surface area (Å²) in [5.41, 5.74) is 0.881. The summed E-state index contributed by atoms with van der Waals surface area (Å²) in [6.45, 7) is 4.94. The Balaban J connectivity index is 1.68. The highest BCUT2D eigenvalue weighted by Gasteiger charge is 2.32. The van der Waals surface area contributed by atoms with Crippen LogP contribution in [0.2, 0.25) is 0 Å². The molecule has 8 nitrogen and oxygen atoms in total. The van der Waals surface area contributed by atoms with Gasteiger partial charge in [-0.2, -0.15) is 0 Å². The molecule has 2 saturated heterocycles. The Hall–Kier alpha value is -2.48. The second-order valence-corrected chi connectivity index (χ2v) is 6.79. The number of amides is 2. The fraction of sp³-hybridized carbons (Fsp3) is 0.556. The van der Waals surface area contributed by atoms with Gasteiger partial charge >= 0.3 is 0 Å². The summed E-state index contributed by atoms with van der Waals surface area (Å²) >= 11 is 0. The van der Waals surface area contributed by atoms with Crippen molar-refractivity contribution in [1.82, 2.24) is 9.80 Å². The largest absolute Gasteiger partial charge is 0.378 e. The number of hydrogen-bond donors (Lipinski definition) is 0. The van der Waals surface area contributed by atoms with E-state index >= 15 is 0 Å². The molecule has 1 aromatic carbocycles. The number of rotatable bonds is 3. The molecule has 0 N–H and O–H groups in total. The molecule has 0 bridgehead atoms. The highest BCUT2D eigenvalue weighted by Crippen LogP contribution is 2.24. The zero-order valence-corrected chi connectivity index (χ0v) is 14.8. The molecule has 2 amide bonds. The summed E-state index contributed by atoms with van der Waals surface area (Å²) in [4.78, 5) is 39.5. The number of nitrogens with zero attached hydrogens (tertiary/aromatic N) is 3. The van der Waals surface area contributed by atoms with Crippen LogP contribution in [-0.2, 0) is 9.53 Å². The molecule has 0 saturated carbocycles. The molecule has 0 aliphatic carbocycles. The molecule has 1 unspecified atom stereocenters. The molecule has 3 rings (SSSR count). The van der Waals surface area contributed by atoms with Crippen molar-refractivity contribution >= 4 is 17.5 Å². The first-order valence-corrected chi connectivity index (χ1v) is 8.88. The molecule has 140 valence electrons. The SMILES string of the molecule is Cc1cc(C(=O)N2CCCC(C(=O)N3CCOCC3)C2)ccc1[N+](=O)[O-]. The summed E-state index contributed by atoms with van der Waals surface area (Å²) < 4.78 is 5.29. The number of carbonyl (C=O) groups excluding carboxylic acids is 2. The van der Waals surface area contributed by atoms with Crippen LogP contribution in [0.5, 0.6) is 0 Å². The zero-order chi connectivity index (χ0) is 18.7. The number of carbonyl (C=O) groups is 2. The van der Waals surface area contributed by atoms with Gasteiger partial charge in [0.25, 0.3) is 11.6 Å². The van der Waals surface area contributed by atoms with Gasteiger partial charge in [0, 0.05) is 43.4 Å². The van der Waals surface area contributed by atoms with E-state index in [1.165, 1.54) is 12.1 Å². The predicted octanol–water partition coefficient (Wildman–Crippen LogP) is 1.61. The van der Waals surface area contributed by atoms with Gasteiger partial charge in [-0.3, -0.25) is 19.7 Å². The fourth-order valence-corrected chi connectivity index (χ4v) is 3.58. The van der Waals surface area contributed by atoms with Crippen LogP contribution in [0.1, 0.15) is 28.8 Å². The third-order valence-corrected chi connectivity index (χ3v) is 5.02. The quantitative estimate of drug-likeness (QED) is 0.602. The maximum Gasteiger partial charge on any atom is 0.272 e. The Kier molecular flexibility index (Phi) is 5.51. The van der Waals surface area contributed by atoms with Gasteiger partial charge in [-0.25, -0.2) is 0 Å². The van der Waals surface area contributed by atoms with Crippen molar-refractivity contribution < 1.29 is 19.2 Å². The second-order valence-electron chi connectivity index (χ2n) is 6.79. The van der Waals surface area contributed by atoms with E-state index in [4.69, 9.17) is 4.74 Å². The van der Waals surface area contributed by atoms with Crippen LogP contribution in [0.25, 0.3) is 0 Å². The number of morpholine rings is 1. The van der Waals surface area contributed by atoms with Crippen molar-refractivity contribution in [2.75, 3.05) is 39.4 Å². The van der Waals surface area contributed by atoms with E-state index in [1.54, 1.807) is 17.9 Å². The molecular formula is C18H23N3O5. The average Bonchev–Trinajstić information content (AvgIpc) is 2.67. The average molecular weight is 361 g/mol. The molecule has 2 aliphatic heterocycles. The Morgan fingerprint density at radius 3 is 2.58 bits per heavy atom. The third-order valence-electron chi connectivity index (χ3n) is 5.02. The smallest absolute Gasteiger partial charge is 0.272 e. The van der Waals surface area contributed by atoms with Crippen molar-refractivity contribution in [3.05, 3.63) is 39.4 Å². The van der Waals surface area contributed by atoms with E-state index in [0.29, 0.717) is 50.5 Å². The summed E-state index contributed by atoms with van der Waals surface area (Å²) in [5.74, 6) is -0.280. The number of piperidine rings is 1. The summed E-state index contributed by atoms with van der Waals surface area (Å²) in [5, 5.41) is 10.9. The summed E-state index contributed by atoms with van der Waals surface area (Å²) in [6.07, 6.45) is 1.55. The zero-order valence-electron chi connectivity index (χ0n) is 14.8. The first-order chi connectivity index (χ1) is 12.5. The van der Waals surface area contributed by atoms with Gasteiger partial charge in [-0.1, -0.05) is 0 Å². The Morgan fingerprint density at radius 2 is 1.92 bits per heavy atom. The van der Waals surface area contributed by atoms with E-state index in [0.717, 1.165) is 12.8 Å².